The van der Waals surface area contributed by atoms with E-state index in [1.807, 2.05) is 0 Å². The smallest absolute Gasteiger partial charge is 0.00356 e. The standard InChI is InChI=1S/C24H30/c1-9-18-10-11(2)19-14(5)12(3)16(7)21-22-17(8)13(4)15(6)20(18)24(22)23(19)21/h15-16H,9-10H2,1-8H3. The molecular formula is C24H30. The molecule has 0 spiro atoms. The Balaban J connectivity index is 2.14. The molecule has 24 heavy (non-hydrogen) atoms. The van der Waals surface area contributed by atoms with Crippen LogP contribution in [-0.4, -0.2) is 0 Å². The minimum atomic E-state index is 0.566. The minimum Gasteiger partial charge on any atom is -0.0625 e. The summed E-state index contributed by atoms with van der Waals surface area (Å²) in [5, 5.41) is 0. The van der Waals surface area contributed by atoms with Crippen molar-refractivity contribution in [2.75, 3.05) is 0 Å². The third-order valence-corrected chi connectivity index (χ3v) is 7.37. The molecule has 126 valence electrons. The lowest BCUT2D eigenvalue weighted by Crippen LogP contribution is -2.30. The van der Waals surface area contributed by atoms with E-state index in [4.69, 9.17) is 0 Å². The molecular weight excluding hydrogens is 288 g/mol. The lowest BCUT2D eigenvalue weighted by molar-refractivity contribution is 0.707. The van der Waals surface area contributed by atoms with E-state index in [2.05, 4.69) is 55.4 Å². The number of rotatable bonds is 1. The van der Waals surface area contributed by atoms with E-state index in [9.17, 15) is 0 Å². The Hall–Kier alpha value is -1.56. The minimum absolute atomic E-state index is 0.566. The Morgan fingerprint density at radius 2 is 1.21 bits per heavy atom. The van der Waals surface area contributed by atoms with Crippen LogP contribution in [0.25, 0.3) is 0 Å². The van der Waals surface area contributed by atoms with E-state index in [1.54, 1.807) is 66.9 Å². The summed E-state index contributed by atoms with van der Waals surface area (Å²) >= 11 is 0. The van der Waals surface area contributed by atoms with E-state index < -0.39 is 0 Å². The maximum Gasteiger partial charge on any atom is 0.00356 e. The highest BCUT2D eigenvalue weighted by atomic mass is 14.5. The lowest BCUT2D eigenvalue weighted by atomic mass is 9.57. The number of allylic oxidation sites excluding steroid dienone is 12. The summed E-state index contributed by atoms with van der Waals surface area (Å²) in [6.07, 6.45) is 2.33. The molecule has 0 saturated heterocycles. The van der Waals surface area contributed by atoms with Crippen LogP contribution in [0.5, 0.6) is 0 Å². The van der Waals surface area contributed by atoms with Crippen LogP contribution in [0.15, 0.2) is 66.9 Å². The van der Waals surface area contributed by atoms with Gasteiger partial charge >= 0.3 is 0 Å². The largest absolute Gasteiger partial charge is 0.0625 e. The van der Waals surface area contributed by atoms with Crippen molar-refractivity contribution in [3.05, 3.63) is 66.9 Å². The van der Waals surface area contributed by atoms with Crippen LogP contribution in [0.1, 0.15) is 68.2 Å². The van der Waals surface area contributed by atoms with Gasteiger partial charge in [0.05, 0.1) is 0 Å². The summed E-state index contributed by atoms with van der Waals surface area (Å²) in [6, 6.07) is 0. The maximum absolute atomic E-state index is 2.42. The van der Waals surface area contributed by atoms with E-state index in [1.165, 1.54) is 6.42 Å². The van der Waals surface area contributed by atoms with Crippen molar-refractivity contribution in [3.63, 3.8) is 0 Å². The summed E-state index contributed by atoms with van der Waals surface area (Å²) in [5.74, 6) is 1.14. The quantitative estimate of drug-likeness (QED) is 0.488. The molecule has 4 rings (SSSR count). The molecule has 2 unspecified atom stereocenters. The van der Waals surface area contributed by atoms with E-state index in [0.29, 0.717) is 11.8 Å². The fourth-order valence-corrected chi connectivity index (χ4v) is 5.52. The van der Waals surface area contributed by atoms with E-state index in [-0.39, 0.29) is 0 Å². The Kier molecular flexibility index (Phi) is 3.30. The normalized spacial score (nSPS) is 29.5. The van der Waals surface area contributed by atoms with Crippen LogP contribution in [0.3, 0.4) is 0 Å². The monoisotopic (exact) mass is 318 g/mol. The van der Waals surface area contributed by atoms with Gasteiger partial charge in [0, 0.05) is 11.8 Å². The number of hydrogen-bond donors (Lipinski definition) is 0. The van der Waals surface area contributed by atoms with Crippen LogP contribution in [0, 0.1) is 11.8 Å². The summed E-state index contributed by atoms with van der Waals surface area (Å²) in [7, 11) is 0. The topological polar surface area (TPSA) is 0 Å². The van der Waals surface area contributed by atoms with E-state index in [0.717, 1.165) is 6.42 Å². The van der Waals surface area contributed by atoms with Crippen molar-refractivity contribution in [2.45, 2.75) is 68.2 Å². The van der Waals surface area contributed by atoms with Gasteiger partial charge in [-0.1, -0.05) is 43.1 Å². The predicted octanol–water partition coefficient (Wildman–Crippen LogP) is 6.99. The first-order chi connectivity index (χ1) is 11.3. The highest BCUT2D eigenvalue weighted by molar-refractivity contribution is 5.86. The average Bonchev–Trinajstić information content (AvgIpc) is 2.65. The van der Waals surface area contributed by atoms with Gasteiger partial charge in [-0.25, -0.2) is 0 Å². The average molecular weight is 319 g/mol. The second kappa shape index (κ2) is 4.97. The van der Waals surface area contributed by atoms with Gasteiger partial charge in [0.1, 0.15) is 0 Å². The van der Waals surface area contributed by atoms with Crippen molar-refractivity contribution in [1.82, 2.24) is 0 Å². The van der Waals surface area contributed by atoms with E-state index >= 15 is 0 Å². The molecule has 0 aliphatic heterocycles. The van der Waals surface area contributed by atoms with Crippen LogP contribution >= 0.6 is 0 Å². The van der Waals surface area contributed by atoms with Crippen molar-refractivity contribution in [2.24, 2.45) is 11.8 Å². The van der Waals surface area contributed by atoms with Crippen molar-refractivity contribution >= 4 is 0 Å². The van der Waals surface area contributed by atoms with Gasteiger partial charge in [0.25, 0.3) is 0 Å². The van der Waals surface area contributed by atoms with Crippen LogP contribution in [0.4, 0.5) is 0 Å². The van der Waals surface area contributed by atoms with Gasteiger partial charge in [-0.2, -0.15) is 0 Å². The molecule has 0 aromatic rings. The molecule has 0 heteroatoms. The molecule has 4 aliphatic rings. The predicted molar refractivity (Wildman–Crippen MR) is 104 cm³/mol. The molecule has 0 N–H and O–H groups in total. The molecule has 0 radical (unpaired) electrons. The van der Waals surface area contributed by atoms with Crippen LogP contribution in [0.2, 0.25) is 0 Å². The van der Waals surface area contributed by atoms with Crippen molar-refractivity contribution in [3.8, 4) is 0 Å². The van der Waals surface area contributed by atoms with Gasteiger partial charge in [-0.15, -0.1) is 0 Å². The van der Waals surface area contributed by atoms with Gasteiger partial charge in [0.2, 0.25) is 0 Å². The second-order valence-electron chi connectivity index (χ2n) is 8.30. The first kappa shape index (κ1) is 15.9. The molecule has 0 heterocycles. The van der Waals surface area contributed by atoms with Gasteiger partial charge in [0.15, 0.2) is 0 Å². The maximum atomic E-state index is 2.42. The molecule has 0 amide bonds. The Labute approximate surface area is 147 Å². The summed E-state index contributed by atoms with van der Waals surface area (Å²) < 4.78 is 0. The molecule has 0 aromatic carbocycles. The zero-order valence-electron chi connectivity index (χ0n) is 16.6. The zero-order chi connectivity index (χ0) is 17.5. The lowest BCUT2D eigenvalue weighted by Gasteiger charge is -2.46. The third kappa shape index (κ3) is 1.65. The Bertz CT molecular complexity index is 871. The van der Waals surface area contributed by atoms with Gasteiger partial charge in [-0.3, -0.25) is 0 Å². The van der Waals surface area contributed by atoms with Gasteiger partial charge in [-0.05, 0) is 92.0 Å². The fourth-order valence-electron chi connectivity index (χ4n) is 5.52. The molecule has 0 nitrogen and oxygen atoms in total. The molecule has 0 fully saturated rings. The summed E-state index contributed by atoms with van der Waals surface area (Å²) in [6.45, 7) is 19.0. The summed E-state index contributed by atoms with van der Waals surface area (Å²) in [5.41, 5.74) is 19.2. The number of hydrogen-bond acceptors (Lipinski definition) is 0. The zero-order valence-corrected chi connectivity index (χ0v) is 16.6. The molecule has 4 aliphatic carbocycles. The first-order valence-corrected chi connectivity index (χ1v) is 9.58. The molecule has 0 saturated carbocycles. The van der Waals surface area contributed by atoms with Gasteiger partial charge < -0.3 is 0 Å². The van der Waals surface area contributed by atoms with Crippen LogP contribution in [-0.2, 0) is 0 Å². The fraction of sp³-hybridized carbons (Fsp3) is 0.500. The highest BCUT2D eigenvalue weighted by Crippen LogP contribution is 2.61. The molecule has 2 atom stereocenters. The first-order valence-electron chi connectivity index (χ1n) is 9.58. The second-order valence-corrected chi connectivity index (χ2v) is 8.30. The summed E-state index contributed by atoms with van der Waals surface area (Å²) in [4.78, 5) is 0. The molecule has 0 aromatic heterocycles. The Morgan fingerprint density at radius 1 is 0.708 bits per heavy atom. The van der Waals surface area contributed by atoms with Crippen LogP contribution < -0.4 is 0 Å². The van der Waals surface area contributed by atoms with Crippen molar-refractivity contribution < 1.29 is 0 Å². The molecule has 0 bridgehead atoms. The highest BCUT2D eigenvalue weighted by Gasteiger charge is 2.46. The Morgan fingerprint density at radius 3 is 1.79 bits per heavy atom. The third-order valence-electron chi connectivity index (χ3n) is 7.37. The SMILES string of the molecule is CCC1=C2C3=C4C(=C(C)C1)C(C)=C(C)C(C)C4=C3C(C)=C(C)C2C. The van der Waals surface area contributed by atoms with Crippen molar-refractivity contribution in [1.29, 1.82) is 0 Å².